The Morgan fingerprint density at radius 1 is 1.31 bits per heavy atom. The molecule has 1 atom stereocenters. The Hall–Kier alpha value is -1.06. The minimum atomic E-state index is 0.344. The third-order valence-electron chi connectivity index (χ3n) is 3.54. The van der Waals surface area contributed by atoms with Gasteiger partial charge in [0.25, 0.3) is 0 Å². The van der Waals surface area contributed by atoms with Crippen LogP contribution in [0.25, 0.3) is 0 Å². The lowest BCUT2D eigenvalue weighted by Crippen LogP contribution is -2.52. The molecule has 3 heteroatoms. The van der Waals surface area contributed by atoms with Crippen LogP contribution in [0.4, 0.5) is 0 Å². The maximum absolute atomic E-state index is 5.91. The number of hydrogen-bond acceptors (Lipinski definition) is 3. The summed E-state index contributed by atoms with van der Waals surface area (Å²) in [4.78, 5) is 2.44. The van der Waals surface area contributed by atoms with E-state index in [2.05, 4.69) is 23.1 Å². The van der Waals surface area contributed by atoms with Crippen LogP contribution in [-0.2, 0) is 6.42 Å². The van der Waals surface area contributed by atoms with Crippen LogP contribution in [-0.4, -0.2) is 37.2 Å². The molecule has 16 heavy (non-hydrogen) atoms. The van der Waals surface area contributed by atoms with Crippen molar-refractivity contribution in [2.24, 2.45) is 11.7 Å². The highest BCUT2D eigenvalue weighted by atomic mass is 16.5. The molecule has 2 heterocycles. The zero-order valence-corrected chi connectivity index (χ0v) is 9.43. The number of ether oxygens (including phenoxy) is 1. The molecule has 2 aliphatic heterocycles. The van der Waals surface area contributed by atoms with E-state index in [-0.39, 0.29) is 0 Å². The maximum atomic E-state index is 5.91. The largest absolute Gasteiger partial charge is 0.488 e. The zero-order valence-electron chi connectivity index (χ0n) is 9.43. The molecule has 3 rings (SSSR count). The summed E-state index contributed by atoms with van der Waals surface area (Å²) in [5.74, 6) is 1.78. The van der Waals surface area contributed by atoms with Gasteiger partial charge in [-0.15, -0.1) is 0 Å². The Balaban J connectivity index is 1.53. The molecule has 2 N–H and O–H groups in total. The van der Waals surface area contributed by atoms with Gasteiger partial charge in [-0.1, -0.05) is 18.2 Å². The van der Waals surface area contributed by atoms with E-state index in [1.54, 1.807) is 0 Å². The highest BCUT2D eigenvalue weighted by Gasteiger charge is 2.30. The lowest BCUT2D eigenvalue weighted by Gasteiger charge is -2.39. The Morgan fingerprint density at radius 2 is 2.12 bits per heavy atom. The third-order valence-corrected chi connectivity index (χ3v) is 3.54. The first-order valence-corrected chi connectivity index (χ1v) is 6.02. The van der Waals surface area contributed by atoms with Gasteiger partial charge in [0.2, 0.25) is 0 Å². The fourth-order valence-electron chi connectivity index (χ4n) is 2.62. The van der Waals surface area contributed by atoms with Gasteiger partial charge in [0.15, 0.2) is 0 Å². The van der Waals surface area contributed by atoms with Crippen LogP contribution < -0.4 is 10.5 Å². The molecule has 1 fully saturated rings. The smallest absolute Gasteiger partial charge is 0.123 e. The minimum Gasteiger partial charge on any atom is -0.488 e. The number of nitrogens with two attached hydrogens (primary N) is 1. The lowest BCUT2D eigenvalue weighted by molar-refractivity contribution is 0.0613. The predicted molar refractivity (Wildman–Crippen MR) is 63.5 cm³/mol. The Labute approximate surface area is 96.2 Å². The molecular formula is C13H18N2O. The molecule has 0 saturated carbocycles. The second kappa shape index (κ2) is 4.07. The van der Waals surface area contributed by atoms with Crippen molar-refractivity contribution in [2.75, 3.05) is 26.2 Å². The minimum absolute atomic E-state index is 0.344. The second-order valence-corrected chi connectivity index (χ2v) is 4.87. The van der Waals surface area contributed by atoms with Crippen LogP contribution in [0.1, 0.15) is 5.56 Å². The fraction of sp³-hybridized carbons (Fsp3) is 0.538. The summed E-state index contributed by atoms with van der Waals surface area (Å²) < 4.78 is 5.91. The molecule has 1 unspecified atom stereocenters. The number of benzene rings is 1. The number of nitrogens with zero attached hydrogens (tertiary/aromatic N) is 1. The number of fused-ring (bicyclic) bond motifs is 1. The van der Waals surface area contributed by atoms with Crippen molar-refractivity contribution in [3.63, 3.8) is 0 Å². The Morgan fingerprint density at radius 3 is 2.88 bits per heavy atom. The van der Waals surface area contributed by atoms with Crippen LogP contribution in [0.5, 0.6) is 5.75 Å². The normalized spacial score (nSPS) is 24.9. The molecule has 0 bridgehead atoms. The van der Waals surface area contributed by atoms with Gasteiger partial charge in [0.05, 0.1) is 0 Å². The number of para-hydroxylation sites is 1. The fourth-order valence-corrected chi connectivity index (χ4v) is 2.62. The van der Waals surface area contributed by atoms with Crippen molar-refractivity contribution in [3.05, 3.63) is 29.8 Å². The number of hydrogen-bond donors (Lipinski definition) is 1. The van der Waals surface area contributed by atoms with Gasteiger partial charge in [0, 0.05) is 26.1 Å². The summed E-state index contributed by atoms with van der Waals surface area (Å²) in [5.41, 5.74) is 6.97. The monoisotopic (exact) mass is 218 g/mol. The van der Waals surface area contributed by atoms with Gasteiger partial charge >= 0.3 is 0 Å². The van der Waals surface area contributed by atoms with Gasteiger partial charge < -0.3 is 10.5 Å². The van der Waals surface area contributed by atoms with Crippen LogP contribution in [0.2, 0.25) is 0 Å². The van der Waals surface area contributed by atoms with Crippen LogP contribution >= 0.6 is 0 Å². The van der Waals surface area contributed by atoms with E-state index in [0.717, 1.165) is 38.3 Å². The standard InChI is InChI=1S/C13H18N2O/c14-6-10-7-15(8-10)9-12-5-11-3-1-2-4-13(11)16-12/h1-4,10,12H,5-9,14H2. The molecule has 0 amide bonds. The molecule has 0 spiro atoms. The lowest BCUT2D eigenvalue weighted by atomic mass is 9.99. The van der Waals surface area contributed by atoms with E-state index in [4.69, 9.17) is 10.5 Å². The second-order valence-electron chi connectivity index (χ2n) is 4.87. The van der Waals surface area contributed by atoms with Crippen molar-refractivity contribution in [2.45, 2.75) is 12.5 Å². The quantitative estimate of drug-likeness (QED) is 0.818. The summed E-state index contributed by atoms with van der Waals surface area (Å²) >= 11 is 0. The highest BCUT2D eigenvalue weighted by molar-refractivity contribution is 5.37. The van der Waals surface area contributed by atoms with E-state index in [9.17, 15) is 0 Å². The Bertz CT molecular complexity index is 349. The van der Waals surface area contributed by atoms with E-state index in [1.165, 1.54) is 5.56 Å². The summed E-state index contributed by atoms with van der Waals surface area (Å²) in [6.45, 7) is 4.16. The maximum Gasteiger partial charge on any atom is 0.123 e. The van der Waals surface area contributed by atoms with E-state index < -0.39 is 0 Å². The first-order valence-electron chi connectivity index (χ1n) is 6.02. The highest BCUT2D eigenvalue weighted by Crippen LogP contribution is 2.29. The third kappa shape index (κ3) is 1.81. The molecule has 3 nitrogen and oxygen atoms in total. The SMILES string of the molecule is NCC1CN(CC2Cc3ccccc3O2)C1. The molecule has 2 aliphatic rings. The van der Waals surface area contributed by atoms with E-state index in [1.807, 2.05) is 6.07 Å². The molecule has 1 saturated heterocycles. The van der Waals surface area contributed by atoms with Crippen molar-refractivity contribution >= 4 is 0 Å². The number of likely N-dealkylation sites (tertiary alicyclic amines) is 1. The van der Waals surface area contributed by atoms with Gasteiger partial charge in [0.1, 0.15) is 11.9 Å². The summed E-state index contributed by atoms with van der Waals surface area (Å²) in [6.07, 6.45) is 1.40. The van der Waals surface area contributed by atoms with Crippen molar-refractivity contribution in [3.8, 4) is 5.75 Å². The van der Waals surface area contributed by atoms with Crippen LogP contribution in [0.15, 0.2) is 24.3 Å². The molecule has 0 aliphatic carbocycles. The van der Waals surface area contributed by atoms with E-state index in [0.29, 0.717) is 12.0 Å². The predicted octanol–water partition coefficient (Wildman–Crippen LogP) is 0.881. The molecule has 86 valence electrons. The summed E-state index contributed by atoms with van der Waals surface area (Å²) in [6, 6.07) is 8.34. The molecule has 1 aromatic rings. The molecular weight excluding hydrogens is 200 g/mol. The van der Waals surface area contributed by atoms with Crippen molar-refractivity contribution in [1.29, 1.82) is 0 Å². The molecule has 1 aromatic carbocycles. The summed E-state index contributed by atoms with van der Waals surface area (Å²) in [7, 11) is 0. The van der Waals surface area contributed by atoms with Gasteiger partial charge in [-0.3, -0.25) is 4.90 Å². The Kier molecular flexibility index (Phi) is 2.58. The van der Waals surface area contributed by atoms with Crippen LogP contribution in [0, 0.1) is 5.92 Å². The molecule has 0 radical (unpaired) electrons. The van der Waals surface area contributed by atoms with Crippen molar-refractivity contribution < 1.29 is 4.74 Å². The first kappa shape index (κ1) is 10.1. The van der Waals surface area contributed by atoms with Gasteiger partial charge in [-0.05, 0) is 24.1 Å². The number of rotatable bonds is 3. The first-order chi connectivity index (χ1) is 7.85. The molecule has 0 aromatic heterocycles. The topological polar surface area (TPSA) is 38.5 Å². The summed E-state index contributed by atoms with van der Waals surface area (Å²) in [5, 5.41) is 0. The zero-order chi connectivity index (χ0) is 11.0. The van der Waals surface area contributed by atoms with Crippen LogP contribution in [0.3, 0.4) is 0 Å². The van der Waals surface area contributed by atoms with E-state index >= 15 is 0 Å². The van der Waals surface area contributed by atoms with Gasteiger partial charge in [-0.2, -0.15) is 0 Å². The van der Waals surface area contributed by atoms with Crippen molar-refractivity contribution in [1.82, 2.24) is 4.90 Å². The average Bonchev–Trinajstić information content (AvgIpc) is 2.65. The average molecular weight is 218 g/mol. The van der Waals surface area contributed by atoms with Gasteiger partial charge in [-0.25, -0.2) is 0 Å².